The van der Waals surface area contributed by atoms with Crippen molar-refractivity contribution >= 4 is 33.4 Å². The van der Waals surface area contributed by atoms with Crippen LogP contribution in [0, 0.1) is 17.0 Å². The highest BCUT2D eigenvalue weighted by atomic mass is 32.2. The first kappa shape index (κ1) is 22.6. The van der Waals surface area contributed by atoms with Crippen molar-refractivity contribution < 1.29 is 18.1 Å². The third-order valence-electron chi connectivity index (χ3n) is 5.20. The molecule has 2 aromatic rings. The second-order valence-corrected chi connectivity index (χ2v) is 9.40. The molecular weight excluding hydrogens is 418 g/mol. The highest BCUT2D eigenvalue weighted by Crippen LogP contribution is 2.23. The molecule has 2 aromatic carbocycles. The van der Waals surface area contributed by atoms with Crippen molar-refractivity contribution in [3.8, 4) is 0 Å². The number of aryl methyl sites for hydroxylation is 1. The van der Waals surface area contributed by atoms with E-state index in [-0.39, 0.29) is 10.6 Å². The van der Waals surface area contributed by atoms with Gasteiger partial charge in [-0.1, -0.05) is 31.0 Å². The average molecular weight is 444 g/mol. The number of hydrogen-bond donors (Lipinski definition) is 1. The molecule has 0 unspecified atom stereocenters. The van der Waals surface area contributed by atoms with E-state index < -0.39 is 20.9 Å². The zero-order valence-corrected chi connectivity index (χ0v) is 18.1. The zero-order valence-electron chi connectivity index (χ0n) is 17.3. The first-order chi connectivity index (χ1) is 14.8. The van der Waals surface area contributed by atoms with E-state index in [4.69, 9.17) is 0 Å². The van der Waals surface area contributed by atoms with Gasteiger partial charge in [-0.3, -0.25) is 14.9 Å². The average Bonchev–Trinajstić information content (AvgIpc) is 3.04. The van der Waals surface area contributed by atoms with E-state index in [1.165, 1.54) is 18.2 Å². The number of amides is 1. The molecule has 1 amide bonds. The Balaban J connectivity index is 1.67. The normalized spacial score (nSPS) is 15.5. The molecule has 9 heteroatoms. The highest BCUT2D eigenvalue weighted by Gasteiger charge is 2.24. The van der Waals surface area contributed by atoms with Gasteiger partial charge < -0.3 is 5.32 Å². The number of nitrogens with zero attached hydrogens (tertiary/aromatic N) is 2. The van der Waals surface area contributed by atoms with E-state index >= 15 is 0 Å². The molecule has 1 saturated heterocycles. The van der Waals surface area contributed by atoms with Crippen molar-refractivity contribution in [2.45, 2.75) is 37.5 Å². The number of carbonyl (C=O) groups is 1. The van der Waals surface area contributed by atoms with Crippen LogP contribution in [0.1, 0.15) is 36.8 Å². The van der Waals surface area contributed by atoms with Gasteiger partial charge in [0, 0.05) is 31.3 Å². The number of benzene rings is 2. The lowest BCUT2D eigenvalue weighted by atomic mass is 10.1. The Hall–Kier alpha value is -3.04. The summed E-state index contributed by atoms with van der Waals surface area (Å²) in [7, 11) is -3.52. The topological polar surface area (TPSA) is 110 Å². The quantitative estimate of drug-likeness (QED) is 0.410. The lowest BCUT2D eigenvalue weighted by molar-refractivity contribution is -0.384. The van der Waals surface area contributed by atoms with Crippen molar-refractivity contribution in [3.05, 3.63) is 69.8 Å². The van der Waals surface area contributed by atoms with Crippen LogP contribution in [0.15, 0.2) is 53.4 Å². The fraction of sp³-hybridized carbons (Fsp3) is 0.318. The minimum atomic E-state index is -3.52. The fourth-order valence-electron chi connectivity index (χ4n) is 3.39. The van der Waals surface area contributed by atoms with Gasteiger partial charge in [0.2, 0.25) is 15.9 Å². The van der Waals surface area contributed by atoms with E-state index in [1.54, 1.807) is 47.6 Å². The molecule has 31 heavy (non-hydrogen) atoms. The summed E-state index contributed by atoms with van der Waals surface area (Å²) in [4.78, 5) is 22.8. The molecule has 1 aliphatic heterocycles. The third-order valence-corrected chi connectivity index (χ3v) is 7.11. The molecule has 8 nitrogen and oxygen atoms in total. The van der Waals surface area contributed by atoms with Gasteiger partial charge in [0.1, 0.15) is 0 Å². The number of carbonyl (C=O) groups excluding carboxylic acids is 1. The fourth-order valence-corrected chi connectivity index (χ4v) is 4.90. The van der Waals surface area contributed by atoms with Crippen LogP contribution < -0.4 is 5.32 Å². The minimum absolute atomic E-state index is 0.105. The van der Waals surface area contributed by atoms with Crippen LogP contribution >= 0.6 is 0 Å². The molecule has 0 saturated carbocycles. The van der Waals surface area contributed by atoms with Crippen molar-refractivity contribution in [1.82, 2.24) is 4.31 Å². The number of anilines is 1. The van der Waals surface area contributed by atoms with E-state index in [0.29, 0.717) is 29.9 Å². The summed E-state index contributed by atoms with van der Waals surface area (Å²) in [6, 6.07) is 10.6. The smallest absolute Gasteiger partial charge is 0.271 e. The van der Waals surface area contributed by atoms with Crippen LogP contribution in [-0.4, -0.2) is 36.6 Å². The van der Waals surface area contributed by atoms with Crippen LogP contribution in [-0.2, 0) is 14.8 Å². The first-order valence-electron chi connectivity index (χ1n) is 10.1. The van der Waals surface area contributed by atoms with Gasteiger partial charge >= 0.3 is 0 Å². The SMILES string of the molecule is Cc1ccc([N+](=O)[O-])cc1NC(=O)/C=C/c1ccc(S(=O)(=O)N2CCCCCC2)cc1. The number of sulfonamides is 1. The first-order valence-corrected chi connectivity index (χ1v) is 11.6. The van der Waals surface area contributed by atoms with Gasteiger partial charge in [-0.25, -0.2) is 8.42 Å². The third kappa shape index (κ3) is 5.77. The van der Waals surface area contributed by atoms with Crippen molar-refractivity contribution in [3.63, 3.8) is 0 Å². The van der Waals surface area contributed by atoms with Crippen LogP contribution in [0.3, 0.4) is 0 Å². The Morgan fingerprint density at radius 3 is 2.32 bits per heavy atom. The summed E-state index contributed by atoms with van der Waals surface area (Å²) in [5.41, 5.74) is 1.63. The summed E-state index contributed by atoms with van der Waals surface area (Å²) in [6.45, 7) is 2.83. The van der Waals surface area contributed by atoms with Crippen molar-refractivity contribution in [1.29, 1.82) is 0 Å². The maximum Gasteiger partial charge on any atom is 0.271 e. The Kier molecular flexibility index (Phi) is 7.19. The van der Waals surface area contributed by atoms with Crippen LogP contribution in [0.25, 0.3) is 6.08 Å². The van der Waals surface area contributed by atoms with Gasteiger partial charge in [0.05, 0.1) is 15.5 Å². The van der Waals surface area contributed by atoms with E-state index in [0.717, 1.165) is 25.7 Å². The summed E-state index contributed by atoms with van der Waals surface area (Å²) in [5, 5.41) is 13.5. The Labute approximate surface area is 181 Å². The largest absolute Gasteiger partial charge is 0.322 e. The van der Waals surface area contributed by atoms with Crippen molar-refractivity contribution in [2.75, 3.05) is 18.4 Å². The molecule has 0 radical (unpaired) electrons. The number of rotatable bonds is 6. The number of nitro benzene ring substituents is 1. The lowest BCUT2D eigenvalue weighted by Crippen LogP contribution is -2.31. The standard InChI is InChI=1S/C22H25N3O5S/c1-17-6-10-19(25(27)28)16-21(17)23-22(26)13-9-18-7-11-20(12-8-18)31(29,30)24-14-4-2-3-5-15-24/h6-13,16H,2-5,14-15H2,1H3,(H,23,26)/b13-9+. The monoisotopic (exact) mass is 443 g/mol. The number of non-ortho nitro benzene ring substituents is 1. The molecule has 1 aliphatic rings. The van der Waals surface area contributed by atoms with E-state index in [1.807, 2.05) is 0 Å². The number of nitrogens with one attached hydrogen (secondary N) is 1. The summed E-state index contributed by atoms with van der Waals surface area (Å²) in [6.07, 6.45) is 6.71. The Morgan fingerprint density at radius 1 is 1.06 bits per heavy atom. The molecule has 1 heterocycles. The number of nitro groups is 1. The predicted octanol–water partition coefficient (Wildman–Crippen LogP) is 4.12. The molecular formula is C22H25N3O5S. The molecule has 0 aliphatic carbocycles. The highest BCUT2D eigenvalue weighted by molar-refractivity contribution is 7.89. The van der Waals surface area contributed by atoms with Crippen LogP contribution in [0.5, 0.6) is 0 Å². The molecule has 0 spiro atoms. The summed E-state index contributed by atoms with van der Waals surface area (Å²) < 4.78 is 27.2. The summed E-state index contributed by atoms with van der Waals surface area (Å²) in [5.74, 6) is -0.440. The maximum absolute atomic E-state index is 12.8. The van der Waals surface area contributed by atoms with Crippen molar-refractivity contribution in [2.24, 2.45) is 0 Å². The Bertz CT molecular complexity index is 1090. The number of hydrogen-bond acceptors (Lipinski definition) is 5. The molecule has 164 valence electrons. The van der Waals surface area contributed by atoms with Gasteiger partial charge in [0.25, 0.3) is 5.69 Å². The molecule has 1 fully saturated rings. The van der Waals surface area contributed by atoms with Crippen LogP contribution in [0.4, 0.5) is 11.4 Å². The van der Waals surface area contributed by atoms with Gasteiger partial charge in [-0.2, -0.15) is 4.31 Å². The molecule has 0 atom stereocenters. The van der Waals surface area contributed by atoms with Gasteiger partial charge in [-0.05, 0) is 49.1 Å². The minimum Gasteiger partial charge on any atom is -0.322 e. The molecule has 1 N–H and O–H groups in total. The van der Waals surface area contributed by atoms with Gasteiger partial charge in [0.15, 0.2) is 0 Å². The lowest BCUT2D eigenvalue weighted by Gasteiger charge is -2.19. The Morgan fingerprint density at radius 2 is 1.71 bits per heavy atom. The second-order valence-electron chi connectivity index (χ2n) is 7.47. The molecule has 0 aromatic heterocycles. The maximum atomic E-state index is 12.8. The van der Waals surface area contributed by atoms with Gasteiger partial charge in [-0.15, -0.1) is 0 Å². The second kappa shape index (κ2) is 9.84. The van der Waals surface area contributed by atoms with E-state index in [9.17, 15) is 23.3 Å². The zero-order chi connectivity index (χ0) is 22.4. The molecule has 0 bridgehead atoms. The molecule has 3 rings (SSSR count). The predicted molar refractivity (Wildman–Crippen MR) is 119 cm³/mol. The van der Waals surface area contributed by atoms with E-state index in [2.05, 4.69) is 5.32 Å². The van der Waals surface area contributed by atoms with Crippen LogP contribution in [0.2, 0.25) is 0 Å². The summed E-state index contributed by atoms with van der Waals surface area (Å²) >= 11 is 0.